The number of rotatable bonds is 6. The maximum Gasteiger partial charge on any atom is 0.0739 e. The summed E-state index contributed by atoms with van der Waals surface area (Å²) >= 11 is 3.63. The largest absolute Gasteiger partial charge is 0.311 e. The molecule has 0 atom stereocenters. The lowest BCUT2D eigenvalue weighted by Crippen LogP contribution is -2.19. The first-order valence-electron chi connectivity index (χ1n) is 7.10. The third-order valence-electron chi connectivity index (χ3n) is 3.42. The monoisotopic (exact) mass is 335 g/mol. The molecule has 0 spiro atoms. The lowest BCUT2D eigenvalue weighted by Gasteiger charge is -2.08. The standard InChI is InChI=1S/C16H22BrN3/c1-4-20-15(16(17)13(3)19-20)11-18-9-8-14-7-5-6-12(2)10-14/h5-7,10,18H,4,8-9,11H2,1-3H3. The minimum Gasteiger partial charge on any atom is -0.311 e. The number of halogens is 1. The van der Waals surface area contributed by atoms with Gasteiger partial charge >= 0.3 is 0 Å². The van der Waals surface area contributed by atoms with Crippen LogP contribution in [-0.2, 0) is 19.5 Å². The summed E-state index contributed by atoms with van der Waals surface area (Å²) in [4.78, 5) is 0. The minimum absolute atomic E-state index is 0.848. The number of aryl methyl sites for hydroxylation is 3. The fourth-order valence-electron chi connectivity index (χ4n) is 2.35. The van der Waals surface area contributed by atoms with Crippen molar-refractivity contribution >= 4 is 15.9 Å². The zero-order valence-electron chi connectivity index (χ0n) is 12.4. The van der Waals surface area contributed by atoms with Crippen LogP contribution in [0.1, 0.15) is 29.4 Å². The molecule has 0 saturated carbocycles. The van der Waals surface area contributed by atoms with Gasteiger partial charge in [0, 0.05) is 13.1 Å². The molecular weight excluding hydrogens is 314 g/mol. The van der Waals surface area contributed by atoms with Gasteiger partial charge in [-0.1, -0.05) is 29.8 Å². The number of benzene rings is 1. The van der Waals surface area contributed by atoms with Gasteiger partial charge in [0.1, 0.15) is 0 Å². The third kappa shape index (κ3) is 3.70. The molecule has 0 aliphatic carbocycles. The van der Waals surface area contributed by atoms with Gasteiger partial charge in [0.05, 0.1) is 15.9 Å². The van der Waals surface area contributed by atoms with E-state index in [9.17, 15) is 0 Å². The van der Waals surface area contributed by atoms with Crippen LogP contribution in [0.3, 0.4) is 0 Å². The predicted molar refractivity (Wildman–Crippen MR) is 86.9 cm³/mol. The molecule has 1 aromatic carbocycles. The summed E-state index contributed by atoms with van der Waals surface area (Å²) in [6.45, 7) is 9.02. The number of hydrogen-bond donors (Lipinski definition) is 1. The summed E-state index contributed by atoms with van der Waals surface area (Å²) in [6, 6.07) is 8.69. The van der Waals surface area contributed by atoms with Crippen molar-refractivity contribution in [1.82, 2.24) is 15.1 Å². The Kier molecular flexibility index (Phi) is 5.38. The molecule has 0 aliphatic rings. The van der Waals surface area contributed by atoms with Crippen LogP contribution in [0.15, 0.2) is 28.7 Å². The molecule has 2 rings (SSSR count). The lowest BCUT2D eigenvalue weighted by molar-refractivity contribution is 0.579. The van der Waals surface area contributed by atoms with E-state index in [4.69, 9.17) is 0 Å². The van der Waals surface area contributed by atoms with Crippen LogP contribution < -0.4 is 5.32 Å². The second-order valence-electron chi connectivity index (χ2n) is 5.08. The van der Waals surface area contributed by atoms with Crippen LogP contribution in [0.25, 0.3) is 0 Å². The van der Waals surface area contributed by atoms with Gasteiger partial charge < -0.3 is 5.32 Å². The Bertz CT molecular complexity index is 575. The third-order valence-corrected chi connectivity index (χ3v) is 4.45. The van der Waals surface area contributed by atoms with Crippen LogP contribution in [0, 0.1) is 13.8 Å². The van der Waals surface area contributed by atoms with Crippen molar-refractivity contribution in [3.8, 4) is 0 Å². The lowest BCUT2D eigenvalue weighted by atomic mass is 10.1. The molecule has 2 aromatic rings. The Morgan fingerprint density at radius 3 is 2.80 bits per heavy atom. The Hall–Kier alpha value is -1.13. The number of hydrogen-bond acceptors (Lipinski definition) is 2. The average Bonchev–Trinajstić information content (AvgIpc) is 2.71. The van der Waals surface area contributed by atoms with E-state index in [0.29, 0.717) is 0 Å². The molecule has 0 bridgehead atoms. The highest BCUT2D eigenvalue weighted by Gasteiger charge is 2.10. The second kappa shape index (κ2) is 7.04. The van der Waals surface area contributed by atoms with Crippen LogP contribution in [-0.4, -0.2) is 16.3 Å². The number of nitrogens with zero attached hydrogens (tertiary/aromatic N) is 2. The van der Waals surface area contributed by atoms with Gasteiger partial charge in [-0.05, 0) is 55.2 Å². The molecule has 0 fully saturated rings. The molecule has 1 N–H and O–H groups in total. The van der Waals surface area contributed by atoms with Gasteiger partial charge in [0.2, 0.25) is 0 Å². The van der Waals surface area contributed by atoms with Crippen molar-refractivity contribution in [2.24, 2.45) is 0 Å². The molecule has 0 aliphatic heterocycles. The highest BCUT2D eigenvalue weighted by molar-refractivity contribution is 9.10. The number of aromatic nitrogens is 2. The number of nitrogens with one attached hydrogen (secondary N) is 1. The van der Waals surface area contributed by atoms with E-state index in [0.717, 1.165) is 36.2 Å². The molecule has 4 heteroatoms. The van der Waals surface area contributed by atoms with Crippen molar-refractivity contribution in [3.05, 3.63) is 51.3 Å². The first-order chi connectivity index (χ1) is 9.61. The smallest absolute Gasteiger partial charge is 0.0739 e. The van der Waals surface area contributed by atoms with Crippen LogP contribution >= 0.6 is 15.9 Å². The van der Waals surface area contributed by atoms with Crippen molar-refractivity contribution in [3.63, 3.8) is 0 Å². The van der Waals surface area contributed by atoms with Crippen LogP contribution in [0.5, 0.6) is 0 Å². The normalized spacial score (nSPS) is 11.0. The van der Waals surface area contributed by atoms with Gasteiger partial charge in [0.15, 0.2) is 0 Å². The summed E-state index contributed by atoms with van der Waals surface area (Å²) in [5.41, 5.74) is 5.00. The molecule has 0 radical (unpaired) electrons. The average molecular weight is 336 g/mol. The van der Waals surface area contributed by atoms with E-state index >= 15 is 0 Å². The van der Waals surface area contributed by atoms with Crippen LogP contribution in [0.4, 0.5) is 0 Å². The topological polar surface area (TPSA) is 29.9 Å². The maximum absolute atomic E-state index is 4.51. The summed E-state index contributed by atoms with van der Waals surface area (Å²) in [5.74, 6) is 0. The van der Waals surface area contributed by atoms with Crippen molar-refractivity contribution < 1.29 is 0 Å². The SMILES string of the molecule is CCn1nc(C)c(Br)c1CNCCc1cccc(C)c1. The highest BCUT2D eigenvalue weighted by Crippen LogP contribution is 2.20. The van der Waals surface area contributed by atoms with Gasteiger partial charge in [-0.3, -0.25) is 4.68 Å². The quantitative estimate of drug-likeness (QED) is 0.817. The van der Waals surface area contributed by atoms with E-state index in [2.05, 4.69) is 69.1 Å². The molecule has 0 unspecified atom stereocenters. The summed E-state index contributed by atoms with van der Waals surface area (Å²) < 4.78 is 3.18. The summed E-state index contributed by atoms with van der Waals surface area (Å²) in [7, 11) is 0. The fourth-order valence-corrected chi connectivity index (χ4v) is 2.77. The van der Waals surface area contributed by atoms with E-state index in [1.54, 1.807) is 0 Å². The maximum atomic E-state index is 4.51. The zero-order valence-corrected chi connectivity index (χ0v) is 14.0. The van der Waals surface area contributed by atoms with E-state index in [1.807, 2.05) is 6.92 Å². The zero-order chi connectivity index (χ0) is 14.5. The Morgan fingerprint density at radius 1 is 1.30 bits per heavy atom. The van der Waals surface area contributed by atoms with Crippen LogP contribution in [0.2, 0.25) is 0 Å². The minimum atomic E-state index is 0.848. The first kappa shape index (κ1) is 15.3. The van der Waals surface area contributed by atoms with E-state index < -0.39 is 0 Å². The summed E-state index contributed by atoms with van der Waals surface area (Å²) in [6.07, 6.45) is 1.05. The second-order valence-corrected chi connectivity index (χ2v) is 5.87. The summed E-state index contributed by atoms with van der Waals surface area (Å²) in [5, 5.41) is 8.01. The highest BCUT2D eigenvalue weighted by atomic mass is 79.9. The van der Waals surface area contributed by atoms with Crippen molar-refractivity contribution in [1.29, 1.82) is 0 Å². The van der Waals surface area contributed by atoms with Crippen molar-refractivity contribution in [2.75, 3.05) is 6.54 Å². The van der Waals surface area contributed by atoms with Gasteiger partial charge in [-0.25, -0.2) is 0 Å². The molecule has 0 amide bonds. The molecule has 1 aromatic heterocycles. The van der Waals surface area contributed by atoms with Crippen molar-refractivity contribution in [2.45, 2.75) is 40.3 Å². The Balaban J connectivity index is 1.87. The molecule has 0 saturated heterocycles. The fraction of sp³-hybridized carbons (Fsp3) is 0.438. The molecule has 108 valence electrons. The van der Waals surface area contributed by atoms with Gasteiger partial charge in [-0.15, -0.1) is 0 Å². The predicted octanol–water partition coefficient (Wildman–Crippen LogP) is 3.61. The van der Waals surface area contributed by atoms with E-state index in [1.165, 1.54) is 16.8 Å². The molecular formula is C16H22BrN3. The van der Waals surface area contributed by atoms with E-state index in [-0.39, 0.29) is 0 Å². The molecule has 3 nitrogen and oxygen atoms in total. The van der Waals surface area contributed by atoms with Gasteiger partial charge in [-0.2, -0.15) is 5.10 Å². The first-order valence-corrected chi connectivity index (χ1v) is 7.89. The van der Waals surface area contributed by atoms with Gasteiger partial charge in [0.25, 0.3) is 0 Å². The molecule has 20 heavy (non-hydrogen) atoms. The Labute approximate surface area is 129 Å². The Morgan fingerprint density at radius 2 is 2.10 bits per heavy atom. The molecule has 1 heterocycles.